The highest BCUT2D eigenvalue weighted by molar-refractivity contribution is 8.18. The van der Waals surface area contributed by atoms with Crippen LogP contribution in [0.15, 0.2) is 69.7 Å². The number of amidine groups is 1. The molecule has 0 N–H and O–H groups in total. The van der Waals surface area contributed by atoms with Crippen LogP contribution in [0.25, 0.3) is 6.08 Å². The zero-order valence-electron chi connectivity index (χ0n) is 14.6. The first-order valence-electron chi connectivity index (χ1n) is 8.81. The van der Waals surface area contributed by atoms with Crippen molar-refractivity contribution >= 4 is 34.4 Å². The van der Waals surface area contributed by atoms with Crippen LogP contribution < -0.4 is 0 Å². The predicted octanol–water partition coefficient (Wildman–Crippen LogP) is 4.54. The van der Waals surface area contributed by atoms with Crippen LogP contribution in [-0.2, 0) is 0 Å². The van der Waals surface area contributed by atoms with Crippen molar-refractivity contribution in [1.29, 1.82) is 0 Å². The highest BCUT2D eigenvalue weighted by atomic mass is 32.2. The second kappa shape index (κ2) is 7.75. The van der Waals surface area contributed by atoms with Gasteiger partial charge in [0.1, 0.15) is 5.71 Å². The van der Waals surface area contributed by atoms with Crippen molar-refractivity contribution in [3.63, 3.8) is 0 Å². The molecule has 7 heteroatoms. The summed E-state index contributed by atoms with van der Waals surface area (Å²) < 4.78 is 0. The fourth-order valence-electron chi connectivity index (χ4n) is 3.08. The first kappa shape index (κ1) is 17.5. The van der Waals surface area contributed by atoms with Crippen molar-refractivity contribution in [2.45, 2.75) is 12.8 Å². The Morgan fingerprint density at radius 2 is 1.70 bits per heavy atom. The fraction of sp³-hybridized carbons (Fsp3) is 0.200. The third-order valence-corrected chi connectivity index (χ3v) is 5.55. The molecule has 0 unspecified atom stereocenters. The smallest absolute Gasteiger partial charge is 0.269 e. The van der Waals surface area contributed by atoms with Gasteiger partial charge in [0.25, 0.3) is 5.69 Å². The minimum Gasteiger partial charge on any atom is -0.349 e. The fourth-order valence-corrected chi connectivity index (χ4v) is 4.12. The molecule has 2 aromatic rings. The molecule has 136 valence electrons. The summed E-state index contributed by atoms with van der Waals surface area (Å²) in [6.45, 7) is 2.01. The minimum absolute atomic E-state index is 0.0877. The van der Waals surface area contributed by atoms with E-state index in [-0.39, 0.29) is 10.6 Å². The first-order valence-corrected chi connectivity index (χ1v) is 9.63. The van der Waals surface area contributed by atoms with Gasteiger partial charge in [0, 0.05) is 35.7 Å². The van der Waals surface area contributed by atoms with E-state index >= 15 is 0 Å². The summed E-state index contributed by atoms with van der Waals surface area (Å²) in [5, 5.41) is 20.8. The third kappa shape index (κ3) is 3.93. The molecular weight excluding hydrogens is 360 g/mol. The maximum absolute atomic E-state index is 10.9. The Balaban J connectivity index is 1.70. The summed E-state index contributed by atoms with van der Waals surface area (Å²) in [5.74, 6) is 0. The molecular formula is C20H18N4O2S. The normalized spacial score (nSPS) is 18.4. The van der Waals surface area contributed by atoms with E-state index in [1.807, 2.05) is 36.4 Å². The third-order valence-electron chi connectivity index (χ3n) is 4.50. The van der Waals surface area contributed by atoms with Crippen molar-refractivity contribution in [2.24, 2.45) is 10.2 Å². The molecule has 1 saturated heterocycles. The number of nitrogens with zero attached hydrogens (tertiary/aromatic N) is 4. The SMILES string of the molecule is O=[N+]([O-])c1ccc(/C=C2\SC(N3CCCC3)=NN=C2c2ccccc2)cc1. The number of nitro benzene ring substituents is 1. The highest BCUT2D eigenvalue weighted by Crippen LogP contribution is 2.32. The largest absolute Gasteiger partial charge is 0.349 e. The molecule has 2 aliphatic rings. The van der Waals surface area contributed by atoms with E-state index in [0.29, 0.717) is 0 Å². The number of hydrogen-bond donors (Lipinski definition) is 0. The van der Waals surface area contributed by atoms with Gasteiger partial charge in [-0.3, -0.25) is 10.1 Å². The summed E-state index contributed by atoms with van der Waals surface area (Å²) in [6, 6.07) is 16.5. The number of allylic oxidation sites excluding steroid dienone is 1. The summed E-state index contributed by atoms with van der Waals surface area (Å²) in [6.07, 6.45) is 4.37. The monoisotopic (exact) mass is 378 g/mol. The molecule has 27 heavy (non-hydrogen) atoms. The standard InChI is InChI=1S/C20H18N4O2S/c25-24(26)17-10-8-15(9-11-17)14-18-19(16-6-2-1-3-7-16)21-22-20(27-18)23-12-4-5-13-23/h1-3,6-11,14H,4-5,12-13H2/b18-14-. The van der Waals surface area contributed by atoms with E-state index in [0.717, 1.165) is 40.0 Å². The van der Waals surface area contributed by atoms with Crippen LogP contribution in [0.3, 0.4) is 0 Å². The molecule has 2 heterocycles. The van der Waals surface area contributed by atoms with Crippen molar-refractivity contribution in [3.05, 3.63) is 80.7 Å². The van der Waals surface area contributed by atoms with E-state index in [4.69, 9.17) is 0 Å². The molecule has 0 aromatic heterocycles. The maximum atomic E-state index is 10.9. The molecule has 0 spiro atoms. The van der Waals surface area contributed by atoms with Gasteiger partial charge in [0.05, 0.1) is 4.92 Å². The molecule has 1 fully saturated rings. The molecule has 4 rings (SSSR count). The minimum atomic E-state index is -0.388. The van der Waals surface area contributed by atoms with Gasteiger partial charge < -0.3 is 4.90 Å². The maximum Gasteiger partial charge on any atom is 0.269 e. The van der Waals surface area contributed by atoms with Gasteiger partial charge in [0.2, 0.25) is 0 Å². The molecule has 0 amide bonds. The zero-order valence-corrected chi connectivity index (χ0v) is 15.4. The predicted molar refractivity (Wildman–Crippen MR) is 110 cm³/mol. The number of non-ortho nitro benzene ring substituents is 1. The van der Waals surface area contributed by atoms with Gasteiger partial charge in [-0.1, -0.05) is 30.3 Å². The Hall–Kier alpha value is -2.93. The van der Waals surface area contributed by atoms with Crippen LogP contribution in [0, 0.1) is 10.1 Å². The van der Waals surface area contributed by atoms with Crippen LogP contribution in [0.2, 0.25) is 0 Å². The lowest BCUT2D eigenvalue weighted by Crippen LogP contribution is -2.27. The molecule has 2 aliphatic heterocycles. The van der Waals surface area contributed by atoms with Crippen molar-refractivity contribution < 1.29 is 4.92 Å². The molecule has 6 nitrogen and oxygen atoms in total. The Morgan fingerprint density at radius 3 is 2.37 bits per heavy atom. The number of hydrogen-bond acceptors (Lipinski definition) is 6. The van der Waals surface area contributed by atoms with E-state index in [2.05, 4.69) is 15.1 Å². The van der Waals surface area contributed by atoms with Crippen LogP contribution in [0.1, 0.15) is 24.0 Å². The molecule has 0 bridgehead atoms. The Kier molecular flexibility index (Phi) is 5.02. The van der Waals surface area contributed by atoms with E-state index in [9.17, 15) is 10.1 Å². The second-order valence-corrected chi connectivity index (χ2v) is 7.36. The number of thioether (sulfide) groups is 1. The van der Waals surface area contributed by atoms with Crippen LogP contribution in [0.4, 0.5) is 5.69 Å². The summed E-state index contributed by atoms with van der Waals surface area (Å²) in [5.41, 5.74) is 2.81. The lowest BCUT2D eigenvalue weighted by molar-refractivity contribution is -0.384. The van der Waals surface area contributed by atoms with Gasteiger partial charge in [-0.2, -0.15) is 0 Å². The van der Waals surface area contributed by atoms with Gasteiger partial charge in [-0.05, 0) is 48.4 Å². The van der Waals surface area contributed by atoms with Crippen LogP contribution >= 0.6 is 11.8 Å². The topological polar surface area (TPSA) is 71.1 Å². The average molecular weight is 378 g/mol. The lowest BCUT2D eigenvalue weighted by atomic mass is 10.1. The lowest BCUT2D eigenvalue weighted by Gasteiger charge is -2.23. The van der Waals surface area contributed by atoms with Gasteiger partial charge >= 0.3 is 0 Å². The Bertz CT molecular complexity index is 930. The van der Waals surface area contributed by atoms with E-state index < -0.39 is 0 Å². The van der Waals surface area contributed by atoms with Gasteiger partial charge in [-0.15, -0.1) is 10.2 Å². The molecule has 0 atom stereocenters. The highest BCUT2D eigenvalue weighted by Gasteiger charge is 2.24. The number of likely N-dealkylation sites (tertiary alicyclic amines) is 1. The number of benzene rings is 2. The van der Waals surface area contributed by atoms with Crippen LogP contribution in [0.5, 0.6) is 0 Å². The molecule has 0 aliphatic carbocycles. The first-order chi connectivity index (χ1) is 13.2. The van der Waals surface area contributed by atoms with Crippen molar-refractivity contribution in [1.82, 2.24) is 4.90 Å². The quantitative estimate of drug-likeness (QED) is 0.581. The van der Waals surface area contributed by atoms with E-state index in [1.165, 1.54) is 25.0 Å². The van der Waals surface area contributed by atoms with Gasteiger partial charge in [-0.25, -0.2) is 0 Å². The second-order valence-electron chi connectivity index (χ2n) is 6.35. The van der Waals surface area contributed by atoms with Crippen molar-refractivity contribution in [2.75, 3.05) is 13.1 Å². The summed E-state index contributed by atoms with van der Waals surface area (Å²) in [4.78, 5) is 13.7. The number of nitro groups is 1. The van der Waals surface area contributed by atoms with Gasteiger partial charge in [0.15, 0.2) is 5.17 Å². The average Bonchev–Trinajstić information content (AvgIpc) is 3.24. The summed E-state index contributed by atoms with van der Waals surface area (Å²) in [7, 11) is 0. The summed E-state index contributed by atoms with van der Waals surface area (Å²) >= 11 is 1.61. The van der Waals surface area contributed by atoms with Crippen LogP contribution in [-0.4, -0.2) is 33.8 Å². The Labute approximate surface area is 161 Å². The van der Waals surface area contributed by atoms with E-state index in [1.54, 1.807) is 23.9 Å². The Morgan fingerprint density at radius 1 is 1.00 bits per heavy atom. The van der Waals surface area contributed by atoms with Crippen molar-refractivity contribution in [3.8, 4) is 0 Å². The zero-order chi connectivity index (χ0) is 18.6. The number of rotatable bonds is 3. The molecule has 0 saturated carbocycles. The molecule has 2 aromatic carbocycles. The molecule has 0 radical (unpaired) electrons.